The monoisotopic (exact) mass is 416 g/mol. The van der Waals surface area contributed by atoms with Crippen LogP contribution in [0.15, 0.2) is 53.7 Å². The SMILES string of the molecule is C[C@H]1CCCC[C@H]1NC(=O)c1ccc(S(=O)(=O)NNC(=O)c2ccncc2)cc1. The van der Waals surface area contributed by atoms with Crippen LogP contribution in [0, 0.1) is 5.92 Å². The number of hydrogen-bond donors (Lipinski definition) is 3. The number of nitrogens with one attached hydrogen (secondary N) is 3. The van der Waals surface area contributed by atoms with Gasteiger partial charge in [-0.1, -0.05) is 19.8 Å². The van der Waals surface area contributed by atoms with E-state index < -0.39 is 15.9 Å². The molecule has 0 aliphatic heterocycles. The number of aromatic nitrogens is 1. The molecule has 2 aromatic rings. The van der Waals surface area contributed by atoms with Crippen molar-refractivity contribution in [3.8, 4) is 0 Å². The number of carbonyl (C=O) groups excluding carboxylic acids is 2. The standard InChI is InChI=1S/C20H24N4O4S/c1-14-4-2-3-5-18(14)22-19(25)15-6-8-17(9-7-15)29(27,28)24-23-20(26)16-10-12-21-13-11-16/h6-14,18,24H,2-5H2,1H3,(H,22,25)(H,23,26)/t14-,18+/m0/s1. The van der Waals surface area contributed by atoms with E-state index >= 15 is 0 Å². The first-order valence-corrected chi connectivity index (χ1v) is 11.0. The molecular formula is C20H24N4O4S. The summed E-state index contributed by atoms with van der Waals surface area (Å²) < 4.78 is 24.7. The van der Waals surface area contributed by atoms with Crippen molar-refractivity contribution in [3.63, 3.8) is 0 Å². The van der Waals surface area contributed by atoms with E-state index in [-0.39, 0.29) is 22.4 Å². The number of carbonyl (C=O) groups is 2. The van der Waals surface area contributed by atoms with Gasteiger partial charge in [-0.15, -0.1) is 4.83 Å². The Labute approximate surface area is 170 Å². The van der Waals surface area contributed by atoms with E-state index in [1.807, 2.05) is 4.83 Å². The number of sulfonamides is 1. The van der Waals surface area contributed by atoms with Crippen LogP contribution in [0.25, 0.3) is 0 Å². The molecule has 1 aliphatic rings. The van der Waals surface area contributed by atoms with Gasteiger partial charge in [-0.3, -0.25) is 20.0 Å². The molecule has 29 heavy (non-hydrogen) atoms. The van der Waals surface area contributed by atoms with Crippen LogP contribution in [-0.2, 0) is 10.0 Å². The number of hydrazine groups is 1. The van der Waals surface area contributed by atoms with Crippen LogP contribution in [0.1, 0.15) is 53.3 Å². The zero-order valence-electron chi connectivity index (χ0n) is 16.1. The average Bonchev–Trinajstić information content (AvgIpc) is 2.74. The van der Waals surface area contributed by atoms with Crippen LogP contribution >= 0.6 is 0 Å². The van der Waals surface area contributed by atoms with E-state index in [2.05, 4.69) is 22.7 Å². The van der Waals surface area contributed by atoms with Gasteiger partial charge in [0.05, 0.1) is 4.90 Å². The fourth-order valence-corrected chi connectivity index (χ4v) is 4.16. The molecule has 2 amide bonds. The second kappa shape index (κ2) is 9.15. The summed E-state index contributed by atoms with van der Waals surface area (Å²) in [5.41, 5.74) is 2.81. The third kappa shape index (κ3) is 5.39. The van der Waals surface area contributed by atoms with E-state index in [1.165, 1.54) is 55.2 Å². The summed E-state index contributed by atoms with van der Waals surface area (Å²) in [5.74, 6) is -0.388. The summed E-state index contributed by atoms with van der Waals surface area (Å²) in [6.07, 6.45) is 7.20. The van der Waals surface area contributed by atoms with Gasteiger partial charge in [-0.05, 0) is 55.2 Å². The van der Waals surface area contributed by atoms with Gasteiger partial charge < -0.3 is 5.32 Å². The maximum Gasteiger partial charge on any atom is 0.266 e. The van der Waals surface area contributed by atoms with Crippen molar-refractivity contribution in [3.05, 3.63) is 59.9 Å². The van der Waals surface area contributed by atoms with Gasteiger partial charge in [0, 0.05) is 29.6 Å². The molecule has 0 radical (unpaired) electrons. The molecule has 1 heterocycles. The summed E-state index contributed by atoms with van der Waals surface area (Å²) in [4.78, 5) is 30.2. The van der Waals surface area contributed by atoms with Gasteiger partial charge in [0.15, 0.2) is 0 Å². The van der Waals surface area contributed by atoms with Crippen molar-refractivity contribution in [1.82, 2.24) is 20.6 Å². The smallest absolute Gasteiger partial charge is 0.266 e. The number of benzene rings is 1. The van der Waals surface area contributed by atoms with E-state index in [4.69, 9.17) is 0 Å². The molecule has 1 aromatic carbocycles. The third-order valence-electron chi connectivity index (χ3n) is 5.10. The Hall–Kier alpha value is -2.78. The molecule has 0 unspecified atom stereocenters. The zero-order chi connectivity index (χ0) is 20.9. The predicted molar refractivity (Wildman–Crippen MR) is 107 cm³/mol. The molecular weight excluding hydrogens is 392 g/mol. The molecule has 154 valence electrons. The predicted octanol–water partition coefficient (Wildman–Crippen LogP) is 2.01. The van der Waals surface area contributed by atoms with Gasteiger partial charge in [-0.2, -0.15) is 0 Å². The molecule has 1 aliphatic carbocycles. The Bertz CT molecular complexity index is 962. The van der Waals surface area contributed by atoms with Crippen LogP contribution in [0.5, 0.6) is 0 Å². The maximum absolute atomic E-state index is 12.5. The lowest BCUT2D eigenvalue weighted by Crippen LogP contribution is -2.41. The first kappa shape index (κ1) is 20.9. The topological polar surface area (TPSA) is 117 Å². The Kier molecular flexibility index (Phi) is 6.60. The second-order valence-electron chi connectivity index (χ2n) is 7.16. The first-order valence-electron chi connectivity index (χ1n) is 9.50. The summed E-state index contributed by atoms with van der Waals surface area (Å²) in [7, 11) is -3.97. The highest BCUT2D eigenvalue weighted by Crippen LogP contribution is 2.24. The summed E-state index contributed by atoms with van der Waals surface area (Å²) in [6.45, 7) is 2.13. The molecule has 1 saturated carbocycles. The molecule has 1 aromatic heterocycles. The van der Waals surface area contributed by atoms with E-state index in [1.54, 1.807) is 0 Å². The quantitative estimate of drug-likeness (QED) is 0.623. The zero-order valence-corrected chi connectivity index (χ0v) is 16.9. The molecule has 9 heteroatoms. The van der Waals surface area contributed by atoms with E-state index in [9.17, 15) is 18.0 Å². The van der Waals surface area contributed by atoms with Crippen LogP contribution in [-0.4, -0.2) is 31.3 Å². The van der Waals surface area contributed by atoms with Gasteiger partial charge in [-0.25, -0.2) is 8.42 Å². The Morgan fingerprint density at radius 2 is 1.55 bits per heavy atom. The molecule has 2 atom stereocenters. The molecule has 8 nitrogen and oxygen atoms in total. The summed E-state index contributed by atoms with van der Waals surface area (Å²) in [5, 5.41) is 3.04. The minimum Gasteiger partial charge on any atom is -0.349 e. The van der Waals surface area contributed by atoms with Gasteiger partial charge in [0.25, 0.3) is 21.8 Å². The lowest BCUT2D eigenvalue weighted by molar-refractivity contribution is 0.0908. The minimum atomic E-state index is -3.97. The largest absolute Gasteiger partial charge is 0.349 e. The highest BCUT2D eigenvalue weighted by molar-refractivity contribution is 7.89. The maximum atomic E-state index is 12.5. The number of rotatable bonds is 6. The van der Waals surface area contributed by atoms with Crippen LogP contribution in [0.2, 0.25) is 0 Å². The number of amides is 2. The van der Waals surface area contributed by atoms with Crippen LogP contribution < -0.4 is 15.6 Å². The van der Waals surface area contributed by atoms with E-state index in [0.29, 0.717) is 11.5 Å². The molecule has 3 rings (SSSR count). The van der Waals surface area contributed by atoms with Gasteiger partial charge >= 0.3 is 0 Å². The average molecular weight is 417 g/mol. The lowest BCUT2D eigenvalue weighted by atomic mass is 9.86. The Balaban J connectivity index is 1.60. The molecule has 3 N–H and O–H groups in total. The second-order valence-corrected chi connectivity index (χ2v) is 8.84. The van der Waals surface area contributed by atoms with Gasteiger partial charge in [0.2, 0.25) is 0 Å². The fourth-order valence-electron chi connectivity index (χ4n) is 3.32. The van der Waals surface area contributed by atoms with Crippen molar-refractivity contribution in [2.75, 3.05) is 0 Å². The van der Waals surface area contributed by atoms with Crippen LogP contribution in [0.3, 0.4) is 0 Å². The normalized spacial score (nSPS) is 19.3. The third-order valence-corrected chi connectivity index (χ3v) is 6.36. The number of nitrogens with zero attached hydrogens (tertiary/aromatic N) is 1. The van der Waals surface area contributed by atoms with Gasteiger partial charge in [0.1, 0.15) is 0 Å². The molecule has 0 saturated heterocycles. The highest BCUT2D eigenvalue weighted by Gasteiger charge is 2.23. The molecule has 0 bridgehead atoms. The summed E-state index contributed by atoms with van der Waals surface area (Å²) >= 11 is 0. The van der Waals surface area contributed by atoms with Crippen molar-refractivity contribution >= 4 is 21.8 Å². The first-order chi connectivity index (χ1) is 13.9. The Morgan fingerprint density at radius 1 is 0.931 bits per heavy atom. The van der Waals surface area contributed by atoms with Crippen molar-refractivity contribution < 1.29 is 18.0 Å². The summed E-state index contributed by atoms with van der Waals surface area (Å²) in [6, 6.07) is 8.66. The highest BCUT2D eigenvalue weighted by atomic mass is 32.2. The number of hydrogen-bond acceptors (Lipinski definition) is 5. The van der Waals surface area contributed by atoms with Crippen LogP contribution in [0.4, 0.5) is 0 Å². The van der Waals surface area contributed by atoms with Crippen molar-refractivity contribution in [2.45, 2.75) is 43.5 Å². The number of pyridine rings is 1. The van der Waals surface area contributed by atoms with Crippen molar-refractivity contribution in [1.29, 1.82) is 0 Å². The molecule has 0 spiro atoms. The Morgan fingerprint density at radius 3 is 2.21 bits per heavy atom. The van der Waals surface area contributed by atoms with E-state index in [0.717, 1.165) is 19.3 Å². The fraction of sp³-hybridized carbons (Fsp3) is 0.350. The van der Waals surface area contributed by atoms with Crippen molar-refractivity contribution in [2.24, 2.45) is 5.92 Å². The minimum absolute atomic E-state index is 0.0601. The molecule has 1 fully saturated rings. The lowest BCUT2D eigenvalue weighted by Gasteiger charge is -2.29.